The summed E-state index contributed by atoms with van der Waals surface area (Å²) in [4.78, 5) is 4.63. The molecule has 136 valence electrons. The maximum absolute atomic E-state index is 5.59. The molecule has 24 heavy (non-hydrogen) atoms. The lowest BCUT2D eigenvalue weighted by Gasteiger charge is -2.12. The third kappa shape index (κ3) is 9.40. The van der Waals surface area contributed by atoms with E-state index in [9.17, 15) is 0 Å². The largest absolute Gasteiger partial charge is 0.494 e. The van der Waals surface area contributed by atoms with Crippen LogP contribution < -0.4 is 15.4 Å². The number of hydrogen-bond donors (Lipinski definition) is 2. The average molecular weight is 335 g/mol. The highest BCUT2D eigenvalue weighted by molar-refractivity contribution is 5.79. The van der Waals surface area contributed by atoms with Crippen LogP contribution in [-0.2, 0) is 11.3 Å². The Hall–Kier alpha value is -1.75. The second-order valence-electron chi connectivity index (χ2n) is 6.02. The molecule has 0 aromatic heterocycles. The summed E-state index contributed by atoms with van der Waals surface area (Å²) in [5, 5.41) is 6.62. The molecule has 0 aliphatic heterocycles. The van der Waals surface area contributed by atoms with E-state index in [1.54, 1.807) is 0 Å². The van der Waals surface area contributed by atoms with Crippen LogP contribution in [0.25, 0.3) is 0 Å². The third-order valence-electron chi connectivity index (χ3n) is 3.18. The van der Waals surface area contributed by atoms with E-state index < -0.39 is 0 Å². The lowest BCUT2D eigenvalue weighted by atomic mass is 10.2. The monoisotopic (exact) mass is 335 g/mol. The zero-order valence-corrected chi connectivity index (χ0v) is 15.6. The van der Waals surface area contributed by atoms with Gasteiger partial charge in [-0.25, -0.2) is 4.99 Å². The van der Waals surface area contributed by atoms with E-state index in [-0.39, 0.29) is 0 Å². The molecule has 1 aromatic rings. The number of nitrogens with one attached hydrogen (secondary N) is 2. The maximum Gasteiger partial charge on any atom is 0.191 e. The van der Waals surface area contributed by atoms with Gasteiger partial charge in [0.1, 0.15) is 5.75 Å². The fourth-order valence-corrected chi connectivity index (χ4v) is 2.11. The van der Waals surface area contributed by atoms with Gasteiger partial charge in [-0.3, -0.25) is 0 Å². The second kappa shape index (κ2) is 12.6. The summed E-state index contributed by atoms with van der Waals surface area (Å²) in [5.41, 5.74) is 1.14. The summed E-state index contributed by atoms with van der Waals surface area (Å²) in [6.07, 6.45) is 0.969. The molecule has 0 spiro atoms. The van der Waals surface area contributed by atoms with Gasteiger partial charge in [0, 0.05) is 26.3 Å². The van der Waals surface area contributed by atoms with Crippen molar-refractivity contribution in [2.45, 2.75) is 40.7 Å². The minimum atomic E-state index is 0.587. The van der Waals surface area contributed by atoms with Crippen LogP contribution in [0, 0.1) is 5.92 Å². The Labute approximate surface area is 146 Å². The van der Waals surface area contributed by atoms with Gasteiger partial charge < -0.3 is 20.1 Å². The van der Waals surface area contributed by atoms with E-state index in [4.69, 9.17) is 9.47 Å². The van der Waals surface area contributed by atoms with Crippen molar-refractivity contribution in [3.63, 3.8) is 0 Å². The van der Waals surface area contributed by atoms with Crippen LogP contribution >= 0.6 is 0 Å². The molecule has 0 saturated carbocycles. The second-order valence-corrected chi connectivity index (χ2v) is 6.02. The van der Waals surface area contributed by atoms with Crippen molar-refractivity contribution in [3.8, 4) is 5.75 Å². The van der Waals surface area contributed by atoms with Crippen LogP contribution in [0.15, 0.2) is 29.3 Å². The molecule has 5 nitrogen and oxygen atoms in total. The smallest absolute Gasteiger partial charge is 0.191 e. The number of rotatable bonds is 11. The van der Waals surface area contributed by atoms with Crippen LogP contribution in [-0.4, -0.2) is 38.9 Å². The Balaban J connectivity index is 2.40. The van der Waals surface area contributed by atoms with E-state index in [2.05, 4.69) is 42.5 Å². The van der Waals surface area contributed by atoms with Crippen LogP contribution in [0.2, 0.25) is 0 Å². The summed E-state index contributed by atoms with van der Waals surface area (Å²) in [6, 6.07) is 8.07. The number of nitrogens with zero attached hydrogens (tertiary/aromatic N) is 1. The molecule has 1 rings (SSSR count). The molecule has 0 radical (unpaired) electrons. The molecular formula is C19H33N3O2. The summed E-state index contributed by atoms with van der Waals surface area (Å²) < 4.78 is 11.1. The van der Waals surface area contributed by atoms with E-state index in [1.807, 2.05) is 25.1 Å². The van der Waals surface area contributed by atoms with Crippen molar-refractivity contribution in [2.24, 2.45) is 10.9 Å². The van der Waals surface area contributed by atoms with Gasteiger partial charge in [-0.05, 0) is 43.9 Å². The molecule has 0 aliphatic carbocycles. The van der Waals surface area contributed by atoms with Crippen LogP contribution in [0.4, 0.5) is 0 Å². The average Bonchev–Trinajstić information content (AvgIpc) is 2.56. The molecule has 0 atom stereocenters. The fraction of sp³-hybridized carbons (Fsp3) is 0.632. The number of hydrogen-bond acceptors (Lipinski definition) is 3. The molecule has 0 unspecified atom stereocenters. The molecule has 1 aromatic carbocycles. The first-order valence-electron chi connectivity index (χ1n) is 8.97. The number of benzene rings is 1. The highest BCUT2D eigenvalue weighted by atomic mass is 16.5. The highest BCUT2D eigenvalue weighted by Gasteiger charge is 2.00. The van der Waals surface area contributed by atoms with Gasteiger partial charge in [0.25, 0.3) is 0 Å². The van der Waals surface area contributed by atoms with E-state index in [0.717, 1.165) is 50.0 Å². The normalized spacial score (nSPS) is 11.6. The molecule has 0 saturated heterocycles. The summed E-state index contributed by atoms with van der Waals surface area (Å²) >= 11 is 0. The van der Waals surface area contributed by atoms with Crippen LogP contribution in [0.5, 0.6) is 5.75 Å². The molecule has 2 N–H and O–H groups in total. The number of guanidine groups is 1. The molecule has 0 fully saturated rings. The Morgan fingerprint density at radius 1 is 1.21 bits per heavy atom. The Bertz CT molecular complexity index is 475. The quantitative estimate of drug-likeness (QED) is 0.370. The molecule has 5 heteroatoms. The van der Waals surface area contributed by atoms with E-state index >= 15 is 0 Å². The minimum Gasteiger partial charge on any atom is -0.494 e. The van der Waals surface area contributed by atoms with Crippen LogP contribution in [0.1, 0.15) is 39.7 Å². The lowest BCUT2D eigenvalue weighted by molar-refractivity contribution is 0.108. The SMILES string of the molecule is CCNC(=NCc1cccc(OCC)c1)NCCCOCC(C)C. The van der Waals surface area contributed by atoms with Gasteiger partial charge in [0.15, 0.2) is 5.96 Å². The van der Waals surface area contributed by atoms with Crippen molar-refractivity contribution in [1.29, 1.82) is 0 Å². The van der Waals surface area contributed by atoms with Crippen molar-refractivity contribution < 1.29 is 9.47 Å². The van der Waals surface area contributed by atoms with E-state index in [1.165, 1.54) is 0 Å². The first kappa shape index (κ1) is 20.3. The maximum atomic E-state index is 5.59. The van der Waals surface area contributed by atoms with E-state index in [0.29, 0.717) is 19.1 Å². The first-order valence-corrected chi connectivity index (χ1v) is 8.97. The zero-order chi connectivity index (χ0) is 17.6. The van der Waals surface area contributed by atoms with Crippen molar-refractivity contribution >= 4 is 5.96 Å². The fourth-order valence-electron chi connectivity index (χ4n) is 2.11. The Morgan fingerprint density at radius 3 is 2.75 bits per heavy atom. The predicted octanol–water partition coefficient (Wildman–Crippen LogP) is 3.20. The topological polar surface area (TPSA) is 54.9 Å². The van der Waals surface area contributed by atoms with Crippen molar-refractivity contribution in [1.82, 2.24) is 10.6 Å². The summed E-state index contributed by atoms with van der Waals surface area (Å²) in [7, 11) is 0. The molecule has 0 aliphatic rings. The van der Waals surface area contributed by atoms with Crippen molar-refractivity contribution in [3.05, 3.63) is 29.8 Å². The molecular weight excluding hydrogens is 302 g/mol. The summed E-state index contributed by atoms with van der Waals surface area (Å²) in [6.45, 7) is 13.0. The van der Waals surface area contributed by atoms with Gasteiger partial charge in [0.2, 0.25) is 0 Å². The standard InChI is InChI=1S/C19H33N3O2/c1-5-20-19(21-11-8-12-23-15-16(3)4)22-14-17-9-7-10-18(13-17)24-6-2/h7,9-10,13,16H,5-6,8,11-12,14-15H2,1-4H3,(H2,20,21,22). The Morgan fingerprint density at radius 2 is 2.04 bits per heavy atom. The van der Waals surface area contributed by atoms with Gasteiger partial charge in [0.05, 0.1) is 13.2 Å². The molecule has 0 bridgehead atoms. The van der Waals surface area contributed by atoms with Gasteiger partial charge in [-0.1, -0.05) is 26.0 Å². The van der Waals surface area contributed by atoms with Crippen LogP contribution in [0.3, 0.4) is 0 Å². The minimum absolute atomic E-state index is 0.587. The number of ether oxygens (including phenoxy) is 2. The van der Waals surface area contributed by atoms with Gasteiger partial charge in [-0.15, -0.1) is 0 Å². The predicted molar refractivity (Wildman–Crippen MR) is 101 cm³/mol. The van der Waals surface area contributed by atoms with Crippen molar-refractivity contribution in [2.75, 3.05) is 32.9 Å². The Kier molecular flexibility index (Phi) is 10.7. The number of aliphatic imine (C=N–C) groups is 1. The zero-order valence-electron chi connectivity index (χ0n) is 15.6. The van der Waals surface area contributed by atoms with Gasteiger partial charge in [-0.2, -0.15) is 0 Å². The molecule has 0 heterocycles. The lowest BCUT2D eigenvalue weighted by Crippen LogP contribution is -2.38. The molecule has 0 amide bonds. The van der Waals surface area contributed by atoms with Gasteiger partial charge >= 0.3 is 0 Å². The summed E-state index contributed by atoms with van der Waals surface area (Å²) in [5.74, 6) is 2.32. The highest BCUT2D eigenvalue weighted by Crippen LogP contribution is 2.13. The first-order chi connectivity index (χ1) is 11.7. The third-order valence-corrected chi connectivity index (χ3v) is 3.18.